The van der Waals surface area contributed by atoms with Crippen LogP contribution in [0.15, 0.2) is 18.2 Å². The Labute approximate surface area is 177 Å². The number of hydrogen-bond acceptors (Lipinski definition) is 5. The van der Waals surface area contributed by atoms with E-state index in [4.69, 9.17) is 16.0 Å². The number of hydrogen-bond donors (Lipinski definition) is 0. The summed E-state index contributed by atoms with van der Waals surface area (Å²) in [6.45, 7) is 12.0. The molecule has 3 rings (SSSR count). The molecular weight excluding hydrogens is 384 g/mol. The van der Waals surface area contributed by atoms with Crippen LogP contribution in [0, 0.1) is 6.57 Å². The van der Waals surface area contributed by atoms with Gasteiger partial charge in [0.2, 0.25) is 11.8 Å². The van der Waals surface area contributed by atoms with Crippen molar-refractivity contribution in [2.75, 3.05) is 60.0 Å². The van der Waals surface area contributed by atoms with E-state index in [2.05, 4.69) is 9.74 Å². The molecule has 30 heavy (non-hydrogen) atoms. The van der Waals surface area contributed by atoms with Gasteiger partial charge in [0.05, 0.1) is 27.3 Å². The minimum absolute atomic E-state index is 0.0762. The van der Waals surface area contributed by atoms with Gasteiger partial charge in [-0.25, -0.2) is 4.85 Å². The number of likely N-dealkylation sites (tertiary alicyclic amines) is 1. The van der Waals surface area contributed by atoms with Gasteiger partial charge in [-0.05, 0) is 36.6 Å². The van der Waals surface area contributed by atoms with Crippen molar-refractivity contribution in [3.8, 4) is 11.5 Å². The molecule has 2 aliphatic rings. The summed E-state index contributed by atoms with van der Waals surface area (Å²) in [4.78, 5) is 34.1. The Hall–Kier alpha value is -3.05. The van der Waals surface area contributed by atoms with E-state index in [0.717, 1.165) is 31.5 Å². The molecule has 0 spiro atoms. The predicted molar refractivity (Wildman–Crippen MR) is 114 cm³/mol. The maximum Gasteiger partial charge on any atom is 0.268 e. The van der Waals surface area contributed by atoms with Crippen LogP contribution in [0.3, 0.4) is 0 Å². The van der Waals surface area contributed by atoms with Crippen molar-refractivity contribution in [3.05, 3.63) is 35.2 Å². The number of ether oxygens (including phenoxy) is 2. The molecular formula is C22H28N4O4. The van der Waals surface area contributed by atoms with Gasteiger partial charge in [-0.2, -0.15) is 0 Å². The number of nitrogens with zero attached hydrogens (tertiary/aromatic N) is 4. The van der Waals surface area contributed by atoms with Gasteiger partial charge >= 0.3 is 0 Å². The lowest BCUT2D eigenvalue weighted by Crippen LogP contribution is -2.51. The summed E-state index contributed by atoms with van der Waals surface area (Å²) >= 11 is 0. The molecule has 160 valence electrons. The first-order chi connectivity index (χ1) is 14.5. The third-order valence-electron chi connectivity index (χ3n) is 5.53. The van der Waals surface area contributed by atoms with Crippen LogP contribution in [0.5, 0.6) is 11.5 Å². The lowest BCUT2D eigenvalue weighted by Gasteiger charge is -2.34. The van der Waals surface area contributed by atoms with Gasteiger partial charge in [0.1, 0.15) is 11.5 Å². The van der Waals surface area contributed by atoms with E-state index < -0.39 is 0 Å². The lowest BCUT2D eigenvalue weighted by molar-refractivity contribution is -0.132. The smallest absolute Gasteiger partial charge is 0.268 e. The molecule has 2 amide bonds. The van der Waals surface area contributed by atoms with Crippen LogP contribution in [0.2, 0.25) is 0 Å². The number of amides is 2. The number of carbonyl (C=O) groups is 2. The number of piperazine rings is 1. The normalized spacial score (nSPS) is 17.2. The Balaban J connectivity index is 1.55. The highest BCUT2D eigenvalue weighted by Crippen LogP contribution is 2.38. The topological polar surface area (TPSA) is 66.7 Å². The summed E-state index contributed by atoms with van der Waals surface area (Å²) in [6, 6.07) is 3.42. The molecule has 0 bridgehead atoms. The molecule has 0 aliphatic carbocycles. The Morgan fingerprint density at radius 3 is 2.13 bits per heavy atom. The molecule has 0 N–H and O–H groups in total. The Morgan fingerprint density at radius 2 is 1.60 bits per heavy atom. The van der Waals surface area contributed by atoms with Crippen molar-refractivity contribution in [2.24, 2.45) is 0 Å². The van der Waals surface area contributed by atoms with Crippen molar-refractivity contribution < 1.29 is 19.1 Å². The van der Waals surface area contributed by atoms with E-state index >= 15 is 0 Å². The molecule has 2 fully saturated rings. The summed E-state index contributed by atoms with van der Waals surface area (Å²) in [5.41, 5.74) is 1.03. The van der Waals surface area contributed by atoms with E-state index in [9.17, 15) is 9.59 Å². The highest BCUT2D eigenvalue weighted by Gasteiger charge is 2.24. The van der Waals surface area contributed by atoms with Crippen molar-refractivity contribution in [3.63, 3.8) is 0 Å². The lowest BCUT2D eigenvalue weighted by atomic mass is 10.1. The fraction of sp³-hybridized carbons (Fsp3) is 0.500. The summed E-state index contributed by atoms with van der Waals surface area (Å²) in [5.74, 6) is 0.936. The number of benzene rings is 1. The quantitative estimate of drug-likeness (QED) is 0.528. The van der Waals surface area contributed by atoms with Gasteiger partial charge in [-0.3, -0.25) is 14.5 Å². The van der Waals surface area contributed by atoms with Crippen molar-refractivity contribution >= 4 is 23.6 Å². The van der Waals surface area contributed by atoms with Crippen molar-refractivity contribution in [1.29, 1.82) is 0 Å². The van der Waals surface area contributed by atoms with E-state index in [0.29, 0.717) is 49.9 Å². The first-order valence-corrected chi connectivity index (χ1v) is 10.2. The molecule has 2 aliphatic heterocycles. The highest BCUT2D eigenvalue weighted by atomic mass is 16.5. The first-order valence-electron chi connectivity index (χ1n) is 10.2. The standard InChI is InChI=1S/C22H28N4O4/c1-23-22-18(29-2)14-17(15-19(22)30-3)6-7-20(27)26-12-10-24(11-13-26)16-21(28)25-8-4-5-9-25/h6-7,14-15H,4-5,8-13,16H2,2-3H3/b7-6+. The fourth-order valence-electron chi connectivity index (χ4n) is 3.78. The monoisotopic (exact) mass is 412 g/mol. The number of methoxy groups -OCH3 is 2. The Bertz CT molecular complexity index is 822. The maximum atomic E-state index is 12.6. The van der Waals surface area contributed by atoms with Crippen molar-refractivity contribution in [2.45, 2.75) is 12.8 Å². The van der Waals surface area contributed by atoms with E-state index in [1.807, 2.05) is 4.90 Å². The van der Waals surface area contributed by atoms with Crippen LogP contribution in [0.25, 0.3) is 10.9 Å². The van der Waals surface area contributed by atoms with Crippen molar-refractivity contribution in [1.82, 2.24) is 14.7 Å². The second kappa shape index (κ2) is 10.1. The van der Waals surface area contributed by atoms with Gasteiger partial charge in [0.25, 0.3) is 5.69 Å². The van der Waals surface area contributed by atoms with Crippen LogP contribution in [-0.2, 0) is 9.59 Å². The second-order valence-corrected chi connectivity index (χ2v) is 7.41. The van der Waals surface area contributed by atoms with E-state index in [1.165, 1.54) is 20.3 Å². The van der Waals surface area contributed by atoms with Crippen LogP contribution in [0.4, 0.5) is 5.69 Å². The van der Waals surface area contributed by atoms with Gasteiger partial charge in [-0.15, -0.1) is 0 Å². The molecule has 0 aromatic heterocycles. The maximum absolute atomic E-state index is 12.6. The highest BCUT2D eigenvalue weighted by molar-refractivity contribution is 5.92. The molecule has 2 saturated heterocycles. The van der Waals surface area contributed by atoms with E-state index in [1.54, 1.807) is 23.1 Å². The van der Waals surface area contributed by atoms with Crippen LogP contribution in [-0.4, -0.2) is 86.5 Å². The molecule has 2 heterocycles. The largest absolute Gasteiger partial charge is 0.508 e. The first kappa shape index (κ1) is 21.7. The minimum Gasteiger partial charge on any atom is -0.508 e. The van der Waals surface area contributed by atoms with Gasteiger partial charge in [-0.1, -0.05) is 0 Å². The zero-order chi connectivity index (χ0) is 21.5. The Kier molecular flexibility index (Phi) is 7.31. The summed E-state index contributed by atoms with van der Waals surface area (Å²) in [6.07, 6.45) is 5.42. The molecule has 0 radical (unpaired) electrons. The second-order valence-electron chi connectivity index (χ2n) is 7.41. The Morgan fingerprint density at radius 1 is 1.00 bits per heavy atom. The molecule has 0 unspecified atom stereocenters. The summed E-state index contributed by atoms with van der Waals surface area (Å²) in [5, 5.41) is 0. The molecule has 1 aromatic rings. The van der Waals surface area contributed by atoms with Crippen LogP contribution in [0.1, 0.15) is 18.4 Å². The third-order valence-corrected chi connectivity index (χ3v) is 5.53. The SMILES string of the molecule is [C-]#[N+]c1c(OC)cc(/C=C/C(=O)N2CCN(CC(=O)N3CCCC3)CC2)cc1OC. The van der Waals surface area contributed by atoms with Gasteiger partial charge < -0.3 is 19.3 Å². The average molecular weight is 412 g/mol. The number of carbonyl (C=O) groups excluding carboxylic acids is 2. The molecule has 8 nitrogen and oxygen atoms in total. The zero-order valence-electron chi connectivity index (χ0n) is 17.6. The molecule has 8 heteroatoms. The molecule has 1 aromatic carbocycles. The summed E-state index contributed by atoms with van der Waals surface area (Å²) < 4.78 is 10.5. The minimum atomic E-state index is -0.0762. The van der Waals surface area contributed by atoms with Gasteiger partial charge in [0.15, 0.2) is 0 Å². The average Bonchev–Trinajstić information content (AvgIpc) is 3.32. The predicted octanol–water partition coefficient (Wildman–Crippen LogP) is 2.03. The third kappa shape index (κ3) is 5.10. The summed E-state index contributed by atoms with van der Waals surface area (Å²) in [7, 11) is 2.99. The number of rotatable bonds is 6. The van der Waals surface area contributed by atoms with Crippen LogP contribution < -0.4 is 9.47 Å². The van der Waals surface area contributed by atoms with Gasteiger partial charge in [0, 0.05) is 45.3 Å². The fourth-order valence-corrected chi connectivity index (χ4v) is 3.78. The van der Waals surface area contributed by atoms with Crippen LogP contribution >= 0.6 is 0 Å². The molecule has 0 atom stereocenters. The molecule has 0 saturated carbocycles. The van der Waals surface area contributed by atoms with E-state index in [-0.39, 0.29) is 11.8 Å². The zero-order valence-corrected chi connectivity index (χ0v) is 17.6.